The summed E-state index contributed by atoms with van der Waals surface area (Å²) in [5.41, 5.74) is 0. The fourth-order valence-electron chi connectivity index (χ4n) is 0.528. The van der Waals surface area contributed by atoms with Gasteiger partial charge in [-0.1, -0.05) is 6.92 Å². The van der Waals surface area contributed by atoms with E-state index in [0.29, 0.717) is 0 Å². The maximum Gasteiger partial charge on any atom is 0.0935 e. The van der Waals surface area contributed by atoms with E-state index in [4.69, 9.17) is 8.37 Å². The average Bonchev–Trinajstić information content (AvgIpc) is 2.11. The zero-order valence-electron chi connectivity index (χ0n) is 9.99. The summed E-state index contributed by atoms with van der Waals surface area (Å²) in [6.45, 7) is 10.4. The lowest BCUT2D eigenvalue weighted by Gasteiger charge is -2.26. The first-order chi connectivity index (χ1) is 6.39. The lowest BCUT2D eigenvalue weighted by Crippen LogP contribution is -2.22. The molecule has 14 heavy (non-hydrogen) atoms. The molecule has 0 saturated heterocycles. The van der Waals surface area contributed by atoms with E-state index in [9.17, 15) is 0 Å². The molecule has 0 aromatic rings. The molecule has 0 unspecified atom stereocenters. The van der Waals surface area contributed by atoms with Crippen molar-refractivity contribution in [1.82, 2.24) is 0 Å². The highest BCUT2D eigenvalue weighted by atomic mass is 32.2. The molecule has 0 aliphatic heterocycles. The summed E-state index contributed by atoms with van der Waals surface area (Å²) < 4.78 is 11.3. The Morgan fingerprint density at radius 2 is 1.43 bits per heavy atom. The second-order valence-corrected chi connectivity index (χ2v) is 9.88. The molecule has 0 aromatic heterocycles. The Morgan fingerprint density at radius 3 is 1.64 bits per heavy atom. The summed E-state index contributed by atoms with van der Waals surface area (Å²) in [4.78, 5) is 0. The first-order valence-corrected chi connectivity index (χ1v) is 7.57. The van der Waals surface area contributed by atoms with Crippen molar-refractivity contribution in [3.8, 4) is 0 Å². The van der Waals surface area contributed by atoms with E-state index >= 15 is 0 Å². The minimum Gasteiger partial charge on any atom is -0.311 e. The van der Waals surface area contributed by atoms with Crippen molar-refractivity contribution in [2.75, 3.05) is 0 Å². The Hall–Kier alpha value is 0.837. The maximum atomic E-state index is 5.58. The van der Waals surface area contributed by atoms with Gasteiger partial charge in [0.1, 0.15) is 0 Å². The van der Waals surface area contributed by atoms with Gasteiger partial charge in [0.15, 0.2) is 0 Å². The van der Waals surface area contributed by atoms with Crippen LogP contribution in [0.1, 0.15) is 41.0 Å². The zero-order valence-corrected chi connectivity index (χ0v) is 13.6. The minimum atomic E-state index is 0.133. The van der Waals surface area contributed by atoms with Crippen LogP contribution in [0.2, 0.25) is 0 Å². The molecule has 86 valence electrons. The molecule has 0 fully saturated rings. The topological polar surface area (TPSA) is 18.5 Å². The minimum absolute atomic E-state index is 0.133. The third-order valence-electron chi connectivity index (χ3n) is 1.48. The lowest BCUT2D eigenvalue weighted by atomic mass is 10.5. The molecule has 0 radical (unpaired) electrons. The summed E-state index contributed by atoms with van der Waals surface area (Å²) in [5, 5.41) is 0. The predicted molar refractivity (Wildman–Crippen MR) is 70.6 cm³/mol. The second kappa shape index (κ2) is 7.17. The van der Waals surface area contributed by atoms with Crippen molar-refractivity contribution in [2.24, 2.45) is 0 Å². The van der Waals surface area contributed by atoms with Gasteiger partial charge in [0, 0.05) is 34.3 Å². The largest absolute Gasteiger partial charge is 0.311 e. The smallest absolute Gasteiger partial charge is 0.0935 e. The van der Waals surface area contributed by atoms with E-state index in [1.165, 1.54) is 0 Å². The standard InChI is InChI=1S/C9H22O2S2Si/c1-6-9(14,12-10-7(2)3)13-11-8(4)5/h7-8H,6H2,1-5,14H3. The third kappa shape index (κ3) is 7.17. The molecular formula is C9H22O2S2Si. The van der Waals surface area contributed by atoms with Crippen molar-refractivity contribution in [1.29, 1.82) is 0 Å². The molecular weight excluding hydrogens is 232 g/mol. The highest BCUT2D eigenvalue weighted by Gasteiger charge is 2.26. The third-order valence-corrected chi connectivity index (χ3v) is 5.84. The van der Waals surface area contributed by atoms with Crippen LogP contribution in [0.5, 0.6) is 0 Å². The Bertz CT molecular complexity index is 142. The summed E-state index contributed by atoms with van der Waals surface area (Å²) >= 11 is 3.15. The summed E-state index contributed by atoms with van der Waals surface area (Å²) in [6.07, 6.45) is 1.63. The maximum absolute atomic E-state index is 5.58. The molecule has 0 saturated carbocycles. The van der Waals surface area contributed by atoms with Crippen LogP contribution >= 0.6 is 24.1 Å². The average molecular weight is 254 g/mol. The van der Waals surface area contributed by atoms with Crippen LogP contribution in [0, 0.1) is 0 Å². The second-order valence-electron chi connectivity index (χ2n) is 3.94. The number of hydrogen-bond acceptors (Lipinski definition) is 4. The number of rotatable bonds is 7. The normalized spacial score (nSPS) is 13.1. The molecule has 0 aromatic carbocycles. The molecule has 0 atom stereocenters. The van der Waals surface area contributed by atoms with Crippen molar-refractivity contribution in [3.63, 3.8) is 0 Å². The SMILES string of the molecule is CCC([SiH3])(SOC(C)C)SOC(C)C. The van der Waals surface area contributed by atoms with E-state index in [0.717, 1.165) is 16.7 Å². The Balaban J connectivity index is 3.91. The molecule has 0 spiro atoms. The zero-order chi connectivity index (χ0) is 11.2. The Morgan fingerprint density at radius 1 is 1.07 bits per heavy atom. The molecule has 0 bridgehead atoms. The van der Waals surface area contributed by atoms with Crippen LogP contribution in [0.15, 0.2) is 0 Å². The molecule has 2 nitrogen and oxygen atoms in total. The molecule has 0 aliphatic rings. The molecule has 0 rings (SSSR count). The van der Waals surface area contributed by atoms with Gasteiger partial charge in [-0.05, 0) is 34.1 Å². The van der Waals surface area contributed by atoms with Gasteiger partial charge >= 0.3 is 0 Å². The summed E-state index contributed by atoms with van der Waals surface area (Å²) in [6, 6.07) is 0. The van der Waals surface area contributed by atoms with Gasteiger partial charge in [-0.25, -0.2) is 0 Å². The van der Waals surface area contributed by atoms with Crippen molar-refractivity contribution in [2.45, 2.75) is 56.9 Å². The van der Waals surface area contributed by atoms with Crippen LogP contribution in [0.3, 0.4) is 0 Å². The van der Waals surface area contributed by atoms with E-state index in [-0.39, 0.29) is 15.9 Å². The molecule has 0 heterocycles. The van der Waals surface area contributed by atoms with Crippen molar-refractivity contribution in [3.05, 3.63) is 0 Å². The van der Waals surface area contributed by atoms with Crippen molar-refractivity contribution >= 4 is 34.3 Å². The van der Waals surface area contributed by atoms with Crippen LogP contribution in [-0.4, -0.2) is 26.2 Å². The van der Waals surface area contributed by atoms with Gasteiger partial charge in [0.05, 0.1) is 15.9 Å². The highest BCUT2D eigenvalue weighted by molar-refractivity contribution is 8.15. The summed E-state index contributed by atoms with van der Waals surface area (Å²) in [7, 11) is 1.06. The number of hydrogen-bond donors (Lipinski definition) is 0. The monoisotopic (exact) mass is 254 g/mol. The van der Waals surface area contributed by atoms with Gasteiger partial charge in [0.2, 0.25) is 0 Å². The van der Waals surface area contributed by atoms with E-state index in [2.05, 4.69) is 34.6 Å². The van der Waals surface area contributed by atoms with Gasteiger partial charge in [-0.2, -0.15) is 0 Å². The van der Waals surface area contributed by atoms with Crippen LogP contribution in [-0.2, 0) is 8.37 Å². The lowest BCUT2D eigenvalue weighted by molar-refractivity contribution is 0.280. The van der Waals surface area contributed by atoms with Gasteiger partial charge in [0.25, 0.3) is 0 Å². The molecule has 0 aliphatic carbocycles. The van der Waals surface area contributed by atoms with Crippen molar-refractivity contribution < 1.29 is 8.37 Å². The van der Waals surface area contributed by atoms with E-state index in [1.807, 2.05) is 0 Å². The van der Waals surface area contributed by atoms with Gasteiger partial charge in [-0.15, -0.1) is 0 Å². The Kier molecular flexibility index (Phi) is 7.60. The van der Waals surface area contributed by atoms with Gasteiger partial charge in [-0.3, -0.25) is 0 Å². The quantitative estimate of drug-likeness (QED) is 0.395. The van der Waals surface area contributed by atoms with E-state index < -0.39 is 0 Å². The molecule has 0 N–H and O–H groups in total. The fraction of sp³-hybridized carbons (Fsp3) is 1.00. The summed E-state index contributed by atoms with van der Waals surface area (Å²) in [5.74, 6) is 0. The van der Waals surface area contributed by atoms with Crippen LogP contribution < -0.4 is 0 Å². The van der Waals surface area contributed by atoms with Crippen LogP contribution in [0.4, 0.5) is 0 Å². The van der Waals surface area contributed by atoms with Gasteiger partial charge < -0.3 is 8.37 Å². The van der Waals surface area contributed by atoms with Crippen LogP contribution in [0.25, 0.3) is 0 Å². The molecule has 0 amide bonds. The first kappa shape index (κ1) is 14.8. The van der Waals surface area contributed by atoms with E-state index in [1.54, 1.807) is 24.1 Å². The Labute approximate surface area is 99.7 Å². The molecule has 5 heteroatoms. The highest BCUT2D eigenvalue weighted by Crippen LogP contribution is 2.39. The first-order valence-electron chi connectivity index (χ1n) is 5.08. The predicted octanol–water partition coefficient (Wildman–Crippen LogP) is 2.56. The fourth-order valence-corrected chi connectivity index (χ4v) is 2.48.